The van der Waals surface area contributed by atoms with E-state index in [-0.39, 0.29) is 42.2 Å². The van der Waals surface area contributed by atoms with Crippen LogP contribution in [0.2, 0.25) is 5.02 Å². The number of aryl methyl sites for hydroxylation is 2. The molecule has 0 aliphatic carbocycles. The van der Waals surface area contributed by atoms with Gasteiger partial charge in [0, 0.05) is 38.0 Å². The van der Waals surface area contributed by atoms with Gasteiger partial charge in [-0.25, -0.2) is 22.9 Å². The molecule has 0 bridgehead atoms. The molecule has 1 aromatic heterocycles. The van der Waals surface area contributed by atoms with Gasteiger partial charge in [0.15, 0.2) is 0 Å². The largest absolute Gasteiger partial charge is 0.448 e. The predicted octanol–water partition coefficient (Wildman–Crippen LogP) is 6.61. The summed E-state index contributed by atoms with van der Waals surface area (Å²) < 4.78 is 74.3. The zero-order valence-electron chi connectivity index (χ0n) is 24.9. The molecule has 0 atom stereocenters. The Labute approximate surface area is 269 Å². The van der Waals surface area contributed by atoms with E-state index in [1.54, 1.807) is 41.0 Å². The number of nitrogens with one attached hydrogen (secondary N) is 1. The molecule has 5 rings (SSSR count). The van der Waals surface area contributed by atoms with E-state index in [1.807, 2.05) is 16.5 Å². The van der Waals surface area contributed by atoms with Crippen LogP contribution in [0.15, 0.2) is 65.6 Å². The molecule has 0 spiro atoms. The lowest BCUT2D eigenvalue weighted by molar-refractivity contribution is -0.137. The summed E-state index contributed by atoms with van der Waals surface area (Å²) in [6, 6.07) is 15.1. The number of alkyl halides is 3. The van der Waals surface area contributed by atoms with E-state index in [2.05, 4.69) is 4.98 Å². The Bertz CT molecular complexity index is 1840. The van der Waals surface area contributed by atoms with Crippen molar-refractivity contribution >= 4 is 44.7 Å². The number of benzene rings is 3. The summed E-state index contributed by atoms with van der Waals surface area (Å²) in [5.41, 5.74) is 1.68. The Balaban J connectivity index is 1.30. The maximum absolute atomic E-state index is 13.6. The first-order chi connectivity index (χ1) is 21.8. The monoisotopic (exact) mass is 676 g/mol. The normalized spacial score (nSPS) is 14.0. The average Bonchev–Trinajstić information content (AvgIpc) is 3.36. The zero-order chi connectivity index (χ0) is 33.1. The molecule has 0 radical (unpaired) electrons. The van der Waals surface area contributed by atoms with Crippen LogP contribution >= 0.6 is 11.6 Å². The van der Waals surface area contributed by atoms with Gasteiger partial charge in [0.05, 0.1) is 33.1 Å². The Hall–Kier alpha value is -4.10. The van der Waals surface area contributed by atoms with Crippen LogP contribution in [0.4, 0.5) is 18.0 Å². The minimum absolute atomic E-state index is 0.0293. The van der Waals surface area contributed by atoms with Crippen molar-refractivity contribution in [1.29, 1.82) is 0 Å². The first-order valence-electron chi connectivity index (χ1n) is 14.7. The van der Waals surface area contributed by atoms with Crippen molar-refractivity contribution in [3.63, 3.8) is 0 Å². The highest BCUT2D eigenvalue weighted by molar-refractivity contribution is 7.90. The number of sulfonamides is 1. The summed E-state index contributed by atoms with van der Waals surface area (Å²) in [6.45, 7) is 3.08. The summed E-state index contributed by atoms with van der Waals surface area (Å²) in [5.74, 6) is 0.386. The van der Waals surface area contributed by atoms with Crippen LogP contribution in [0.5, 0.6) is 0 Å². The van der Waals surface area contributed by atoms with E-state index in [0.29, 0.717) is 30.1 Å². The highest BCUT2D eigenvalue weighted by Crippen LogP contribution is 2.38. The van der Waals surface area contributed by atoms with Gasteiger partial charge < -0.3 is 9.64 Å². The lowest BCUT2D eigenvalue weighted by Gasteiger charge is -2.26. The summed E-state index contributed by atoms with van der Waals surface area (Å²) in [6.07, 6.45) is -2.19. The van der Waals surface area contributed by atoms with Crippen molar-refractivity contribution in [2.75, 3.05) is 19.7 Å². The van der Waals surface area contributed by atoms with Gasteiger partial charge in [-0.2, -0.15) is 13.2 Å². The number of likely N-dealkylation sites (tertiary alicyclic amines) is 1. The number of rotatable bonds is 9. The Morgan fingerprint density at radius 3 is 2.30 bits per heavy atom. The number of aromatic nitrogens is 2. The SMILES string of the molecule is Cc1ccc(S(=O)(=O)NC(=O)OCCc2ccc(-n3c(CCC(=O)N4CCCCC4)nc4cc(C(F)(F)F)c(Cl)cc43)cc2)cc1. The van der Waals surface area contributed by atoms with E-state index in [9.17, 15) is 31.2 Å². The number of hydrogen-bond acceptors (Lipinski definition) is 6. The number of fused-ring (bicyclic) bond motifs is 1. The summed E-state index contributed by atoms with van der Waals surface area (Å²) in [4.78, 5) is 31.3. The highest BCUT2D eigenvalue weighted by atomic mass is 35.5. The summed E-state index contributed by atoms with van der Waals surface area (Å²) in [7, 11) is -4.08. The van der Waals surface area contributed by atoms with Crippen LogP contribution in [-0.4, -0.2) is 54.6 Å². The van der Waals surface area contributed by atoms with Gasteiger partial charge in [-0.1, -0.05) is 41.4 Å². The average molecular weight is 677 g/mol. The molecular weight excluding hydrogens is 645 g/mol. The van der Waals surface area contributed by atoms with Crippen LogP contribution in [0.1, 0.15) is 48.2 Å². The fraction of sp³-hybridized carbons (Fsp3) is 0.344. The summed E-state index contributed by atoms with van der Waals surface area (Å²) >= 11 is 6.07. The Morgan fingerprint density at radius 1 is 0.978 bits per heavy atom. The molecule has 1 saturated heterocycles. The molecule has 2 amide bonds. The van der Waals surface area contributed by atoms with Gasteiger partial charge >= 0.3 is 12.3 Å². The van der Waals surface area contributed by atoms with Crippen molar-refractivity contribution in [2.45, 2.75) is 56.5 Å². The van der Waals surface area contributed by atoms with E-state index >= 15 is 0 Å². The minimum atomic E-state index is -4.66. The topological polar surface area (TPSA) is 111 Å². The third-order valence-electron chi connectivity index (χ3n) is 7.76. The fourth-order valence-electron chi connectivity index (χ4n) is 5.33. The van der Waals surface area contributed by atoms with Crippen LogP contribution in [0.3, 0.4) is 0 Å². The second-order valence-electron chi connectivity index (χ2n) is 11.1. The quantitative estimate of drug-likeness (QED) is 0.214. The number of piperidine rings is 1. The molecule has 0 unspecified atom stereocenters. The number of carbonyl (C=O) groups excluding carboxylic acids is 2. The molecule has 46 heavy (non-hydrogen) atoms. The molecule has 3 aromatic carbocycles. The molecule has 1 aliphatic heterocycles. The molecule has 1 aliphatic rings. The maximum atomic E-state index is 13.6. The number of imidazole rings is 1. The molecular formula is C32H32ClF3N4O5S. The van der Waals surface area contributed by atoms with Crippen molar-refractivity contribution in [3.05, 3.63) is 88.2 Å². The lowest BCUT2D eigenvalue weighted by Crippen LogP contribution is -2.35. The molecule has 9 nitrogen and oxygen atoms in total. The third-order valence-corrected chi connectivity index (χ3v) is 9.40. The number of nitrogens with zero attached hydrogens (tertiary/aromatic N) is 3. The molecule has 0 saturated carbocycles. The second-order valence-corrected chi connectivity index (χ2v) is 13.2. The smallest absolute Gasteiger partial charge is 0.421 e. The van der Waals surface area contributed by atoms with Crippen LogP contribution < -0.4 is 4.72 Å². The third kappa shape index (κ3) is 7.81. The Kier molecular flexibility index (Phi) is 9.92. The van der Waals surface area contributed by atoms with Crippen LogP contribution in [0, 0.1) is 6.92 Å². The molecule has 4 aromatic rings. The van der Waals surface area contributed by atoms with Crippen LogP contribution in [0.25, 0.3) is 16.7 Å². The number of ether oxygens (including phenoxy) is 1. The number of hydrogen-bond donors (Lipinski definition) is 1. The zero-order valence-corrected chi connectivity index (χ0v) is 26.5. The van der Waals surface area contributed by atoms with Gasteiger partial charge in [0.2, 0.25) is 5.91 Å². The molecule has 14 heteroatoms. The van der Waals surface area contributed by atoms with Gasteiger partial charge in [0.25, 0.3) is 10.0 Å². The highest BCUT2D eigenvalue weighted by Gasteiger charge is 2.34. The number of halogens is 4. The number of amides is 2. The first kappa shape index (κ1) is 33.3. The van der Waals surface area contributed by atoms with Crippen molar-refractivity contribution < 1.29 is 35.9 Å². The van der Waals surface area contributed by atoms with Gasteiger partial charge in [-0.05, 0) is 68.1 Å². The summed E-state index contributed by atoms with van der Waals surface area (Å²) in [5, 5.41) is -0.464. The fourth-order valence-corrected chi connectivity index (χ4v) is 6.49. The molecule has 2 heterocycles. The van der Waals surface area contributed by atoms with Crippen molar-refractivity contribution in [2.24, 2.45) is 0 Å². The second kappa shape index (κ2) is 13.7. The first-order valence-corrected chi connectivity index (χ1v) is 16.6. The number of carbonyl (C=O) groups is 2. The predicted molar refractivity (Wildman–Crippen MR) is 166 cm³/mol. The maximum Gasteiger partial charge on any atom is 0.421 e. The minimum Gasteiger partial charge on any atom is -0.448 e. The molecule has 244 valence electrons. The van der Waals surface area contributed by atoms with Gasteiger partial charge in [-0.15, -0.1) is 0 Å². The molecule has 1 fully saturated rings. The van der Waals surface area contributed by atoms with Gasteiger partial charge in [-0.3, -0.25) is 9.36 Å². The Morgan fingerprint density at radius 2 is 1.65 bits per heavy atom. The van der Waals surface area contributed by atoms with Crippen molar-refractivity contribution in [3.8, 4) is 5.69 Å². The molecule has 1 N–H and O–H groups in total. The van der Waals surface area contributed by atoms with E-state index in [1.165, 1.54) is 18.2 Å². The van der Waals surface area contributed by atoms with Gasteiger partial charge in [0.1, 0.15) is 5.82 Å². The van der Waals surface area contributed by atoms with E-state index in [4.69, 9.17) is 16.3 Å². The van der Waals surface area contributed by atoms with Crippen molar-refractivity contribution in [1.82, 2.24) is 19.2 Å². The van der Waals surface area contributed by atoms with E-state index in [0.717, 1.165) is 36.5 Å². The standard InChI is InChI=1S/C32H32ClF3N4O5S/c1-21-5-11-24(12-6-21)46(43,44)38-31(42)45-18-15-22-7-9-23(10-8-22)40-28-20-26(33)25(32(34,35)36)19-27(28)37-29(40)13-14-30(41)39-16-3-2-4-17-39/h5-12,19-20H,2-4,13-18H2,1H3,(H,38,42). The lowest BCUT2D eigenvalue weighted by atomic mass is 10.1. The van der Waals surface area contributed by atoms with Crippen LogP contribution in [-0.2, 0) is 38.6 Å². The van der Waals surface area contributed by atoms with E-state index < -0.39 is 32.9 Å².